The highest BCUT2D eigenvalue weighted by Gasteiger charge is 2.13. The quantitative estimate of drug-likeness (QED) is 0.584. The van der Waals surface area contributed by atoms with Gasteiger partial charge in [-0.25, -0.2) is 0 Å². The fraction of sp³-hybridized carbons (Fsp3) is 0.529. The van der Waals surface area contributed by atoms with Gasteiger partial charge in [-0.1, -0.05) is 72.6 Å². The van der Waals surface area contributed by atoms with E-state index < -0.39 is 0 Å². The van der Waals surface area contributed by atoms with E-state index in [9.17, 15) is 0 Å². The first kappa shape index (κ1) is 22.1. The lowest BCUT2D eigenvalue weighted by Crippen LogP contribution is -2.30. The normalized spacial score (nSPS) is 11.4. The van der Waals surface area contributed by atoms with E-state index in [4.69, 9.17) is 0 Å². The molecule has 0 radical (unpaired) electrons. The van der Waals surface area contributed by atoms with Gasteiger partial charge in [-0.3, -0.25) is 4.90 Å². The van der Waals surface area contributed by atoms with Gasteiger partial charge >= 0.3 is 0 Å². The summed E-state index contributed by atoms with van der Waals surface area (Å²) in [6.45, 7) is 24.7. The van der Waals surface area contributed by atoms with Crippen molar-refractivity contribution in [2.75, 3.05) is 13.6 Å². The summed E-state index contributed by atoms with van der Waals surface area (Å²) in [6.07, 6.45) is 5.58. The van der Waals surface area contributed by atoms with E-state index in [2.05, 4.69) is 45.5 Å². The number of rotatable bonds is 6. The van der Waals surface area contributed by atoms with Crippen LogP contribution in [0.1, 0.15) is 41.5 Å². The van der Waals surface area contributed by atoms with Gasteiger partial charge in [0.15, 0.2) is 0 Å². The monoisotopic (exact) mass is 251 g/mol. The lowest BCUT2D eigenvalue weighted by molar-refractivity contribution is 0.305. The highest BCUT2D eigenvalue weighted by atomic mass is 15.1. The molecule has 0 aromatic carbocycles. The predicted molar refractivity (Wildman–Crippen MR) is 88.1 cm³/mol. The fourth-order valence-corrected chi connectivity index (χ4v) is 1.27. The van der Waals surface area contributed by atoms with Gasteiger partial charge in [0.1, 0.15) is 0 Å². The number of hydrogen-bond acceptors (Lipinski definition) is 1. The van der Waals surface area contributed by atoms with E-state index in [-0.39, 0.29) is 0 Å². The molecule has 0 amide bonds. The third-order valence-corrected chi connectivity index (χ3v) is 2.52. The minimum atomic E-state index is 0.350. The van der Waals surface area contributed by atoms with Crippen LogP contribution in [0.5, 0.6) is 0 Å². The van der Waals surface area contributed by atoms with Gasteiger partial charge in [0.05, 0.1) is 0 Å². The van der Waals surface area contributed by atoms with Crippen molar-refractivity contribution < 1.29 is 0 Å². The molecule has 0 heterocycles. The summed E-state index contributed by atoms with van der Waals surface area (Å²) in [6, 6.07) is 0.350. The molecule has 0 rings (SSSR count). The summed E-state index contributed by atoms with van der Waals surface area (Å²) < 4.78 is 0. The first-order valence-corrected chi connectivity index (χ1v) is 6.93. The van der Waals surface area contributed by atoms with E-state index in [1.54, 1.807) is 12.2 Å². The smallest absolute Gasteiger partial charge is 0.0322 e. The molecule has 0 N–H and O–H groups in total. The summed E-state index contributed by atoms with van der Waals surface area (Å²) in [7, 11) is 2.10. The minimum absolute atomic E-state index is 0.350. The minimum Gasteiger partial charge on any atom is -0.300 e. The van der Waals surface area contributed by atoms with Gasteiger partial charge in [-0.05, 0) is 31.7 Å². The lowest BCUT2D eigenvalue weighted by atomic mass is 9.99. The first-order valence-electron chi connectivity index (χ1n) is 6.93. The number of hydrogen-bond donors (Lipinski definition) is 0. The van der Waals surface area contributed by atoms with Crippen LogP contribution in [0.25, 0.3) is 0 Å². The Bertz CT molecular complexity index is 248. The van der Waals surface area contributed by atoms with Crippen LogP contribution in [-0.4, -0.2) is 24.5 Å². The Balaban J connectivity index is -0.000000506. The van der Waals surface area contributed by atoms with Crippen molar-refractivity contribution in [3.05, 3.63) is 49.1 Å². The van der Waals surface area contributed by atoms with E-state index >= 15 is 0 Å². The summed E-state index contributed by atoms with van der Waals surface area (Å²) >= 11 is 0. The zero-order chi connectivity index (χ0) is 15.1. The molecular formula is C17H33N. The molecule has 0 bridgehead atoms. The molecule has 0 spiro atoms. The predicted octanol–water partition coefficient (Wildman–Crippen LogP) is 5.23. The lowest BCUT2D eigenvalue weighted by Gasteiger charge is -2.26. The van der Waals surface area contributed by atoms with Crippen molar-refractivity contribution in [1.82, 2.24) is 4.90 Å². The highest BCUT2D eigenvalue weighted by molar-refractivity contribution is 5.41. The molecule has 1 heteroatoms. The van der Waals surface area contributed by atoms with Crippen molar-refractivity contribution in [1.29, 1.82) is 0 Å². The summed E-state index contributed by atoms with van der Waals surface area (Å²) in [4.78, 5) is 2.25. The zero-order valence-corrected chi connectivity index (χ0v) is 13.6. The average molecular weight is 251 g/mol. The topological polar surface area (TPSA) is 3.24 Å². The van der Waals surface area contributed by atoms with Gasteiger partial charge in [-0.2, -0.15) is 0 Å². The Kier molecular flexibility index (Phi) is 19.6. The zero-order valence-electron chi connectivity index (χ0n) is 13.6. The molecule has 1 atom stereocenters. The van der Waals surface area contributed by atoms with Crippen molar-refractivity contribution >= 4 is 0 Å². The Labute approximate surface area is 116 Å². The third kappa shape index (κ3) is 9.00. The maximum atomic E-state index is 3.97. The standard InChI is InChI=1S/C13H21N.2C2H6/c1-7-10-13(11(4)8-2)12(5)14(6)9-3;2*1-2/h7-8,10,12H,1-2,4,9H2,3,5-6H3;2*1-2H3/b13-10+;;. The Morgan fingerprint density at radius 2 is 1.61 bits per heavy atom. The summed E-state index contributed by atoms with van der Waals surface area (Å²) in [5, 5.41) is 0. The molecule has 0 aliphatic rings. The van der Waals surface area contributed by atoms with E-state index in [0.29, 0.717) is 6.04 Å². The molecule has 1 unspecified atom stereocenters. The molecule has 0 aromatic rings. The van der Waals surface area contributed by atoms with Crippen molar-refractivity contribution in [3.8, 4) is 0 Å². The molecule has 0 saturated carbocycles. The largest absolute Gasteiger partial charge is 0.300 e. The molecule has 1 nitrogen and oxygen atoms in total. The van der Waals surface area contributed by atoms with Crippen molar-refractivity contribution in [3.63, 3.8) is 0 Å². The number of allylic oxidation sites excluding steroid dienone is 3. The second-order valence-electron chi connectivity index (χ2n) is 3.34. The first-order chi connectivity index (χ1) is 8.58. The molecule has 0 aromatic heterocycles. The van der Waals surface area contributed by atoms with Crippen LogP contribution in [0.4, 0.5) is 0 Å². The highest BCUT2D eigenvalue weighted by Crippen LogP contribution is 2.17. The summed E-state index contributed by atoms with van der Waals surface area (Å²) in [5.41, 5.74) is 2.15. The van der Waals surface area contributed by atoms with E-state index in [0.717, 1.165) is 12.1 Å². The van der Waals surface area contributed by atoms with Crippen LogP contribution in [0.2, 0.25) is 0 Å². The van der Waals surface area contributed by atoms with Gasteiger partial charge in [0.25, 0.3) is 0 Å². The van der Waals surface area contributed by atoms with Gasteiger partial charge in [0.2, 0.25) is 0 Å². The number of nitrogens with zero attached hydrogens (tertiary/aromatic N) is 1. The third-order valence-electron chi connectivity index (χ3n) is 2.52. The van der Waals surface area contributed by atoms with Crippen LogP contribution in [0, 0.1) is 0 Å². The van der Waals surface area contributed by atoms with Gasteiger partial charge in [0, 0.05) is 6.04 Å². The molecule has 18 heavy (non-hydrogen) atoms. The average Bonchev–Trinajstić information content (AvgIpc) is 2.46. The van der Waals surface area contributed by atoms with Gasteiger partial charge in [-0.15, -0.1) is 0 Å². The molecule has 106 valence electrons. The Morgan fingerprint density at radius 1 is 1.17 bits per heavy atom. The Morgan fingerprint density at radius 3 is 1.89 bits per heavy atom. The Hall–Kier alpha value is -1.08. The van der Waals surface area contributed by atoms with E-state index in [1.807, 2.05) is 33.8 Å². The molecule has 0 aliphatic heterocycles. The van der Waals surface area contributed by atoms with Crippen LogP contribution < -0.4 is 0 Å². The maximum Gasteiger partial charge on any atom is 0.0322 e. The van der Waals surface area contributed by atoms with Crippen LogP contribution in [0.15, 0.2) is 49.1 Å². The van der Waals surface area contributed by atoms with Crippen LogP contribution >= 0.6 is 0 Å². The molecule has 0 fully saturated rings. The summed E-state index contributed by atoms with van der Waals surface area (Å²) in [5.74, 6) is 0. The number of likely N-dealkylation sites (N-methyl/N-ethyl adjacent to an activating group) is 1. The maximum absolute atomic E-state index is 3.97. The van der Waals surface area contributed by atoms with Crippen LogP contribution in [0.3, 0.4) is 0 Å². The SMILES string of the molecule is C=C/C=C(\C(=C)C=C)C(C)N(C)CC.CC.CC. The fourth-order valence-electron chi connectivity index (χ4n) is 1.27. The molecule has 0 saturated heterocycles. The molecular weight excluding hydrogens is 218 g/mol. The van der Waals surface area contributed by atoms with Crippen LogP contribution in [-0.2, 0) is 0 Å². The van der Waals surface area contributed by atoms with Crippen molar-refractivity contribution in [2.45, 2.75) is 47.6 Å². The second kappa shape index (κ2) is 15.9. The van der Waals surface area contributed by atoms with Crippen molar-refractivity contribution in [2.24, 2.45) is 0 Å². The second-order valence-corrected chi connectivity index (χ2v) is 3.34. The van der Waals surface area contributed by atoms with Gasteiger partial charge < -0.3 is 0 Å². The molecule has 0 aliphatic carbocycles. The van der Waals surface area contributed by atoms with E-state index in [1.165, 1.54) is 5.57 Å².